The summed E-state index contributed by atoms with van der Waals surface area (Å²) in [4.78, 5) is 11.0. The van der Waals surface area contributed by atoms with Crippen molar-refractivity contribution >= 4 is 5.91 Å². The van der Waals surface area contributed by atoms with Crippen LogP contribution in [-0.2, 0) is 4.79 Å². The zero-order chi connectivity index (χ0) is 10.4. The van der Waals surface area contributed by atoms with Crippen LogP contribution in [0.3, 0.4) is 0 Å². The van der Waals surface area contributed by atoms with Crippen molar-refractivity contribution in [3.8, 4) is 0 Å². The van der Waals surface area contributed by atoms with Crippen LogP contribution < -0.4 is 5.32 Å². The molecular formula is C10H23NO. The SMILES string of the molecule is CC.CC(C)C(=O)NC(C)(C)C. The Morgan fingerprint density at radius 1 is 1.17 bits per heavy atom. The standard InChI is InChI=1S/C8H17NO.C2H6/c1-6(2)7(10)9-8(3,4)5;1-2/h6H,1-5H3,(H,9,10);1-2H3. The summed E-state index contributed by atoms with van der Waals surface area (Å²) < 4.78 is 0. The third-order valence-corrected chi connectivity index (χ3v) is 1.02. The zero-order valence-corrected chi connectivity index (χ0v) is 9.49. The molecule has 0 bridgehead atoms. The van der Waals surface area contributed by atoms with Crippen molar-refractivity contribution in [2.45, 2.75) is 54.0 Å². The van der Waals surface area contributed by atoms with Gasteiger partial charge in [0.2, 0.25) is 5.91 Å². The lowest BCUT2D eigenvalue weighted by Crippen LogP contribution is -2.42. The van der Waals surface area contributed by atoms with E-state index >= 15 is 0 Å². The second-order valence-electron chi connectivity index (χ2n) is 3.89. The van der Waals surface area contributed by atoms with Gasteiger partial charge in [-0.25, -0.2) is 0 Å². The molecule has 0 unspecified atom stereocenters. The summed E-state index contributed by atoms with van der Waals surface area (Å²) in [5, 5.41) is 2.88. The summed E-state index contributed by atoms with van der Waals surface area (Å²) in [5.41, 5.74) is -0.0959. The molecule has 1 amide bonds. The first-order valence-corrected chi connectivity index (χ1v) is 4.65. The van der Waals surface area contributed by atoms with E-state index in [0.717, 1.165) is 0 Å². The van der Waals surface area contributed by atoms with Crippen molar-refractivity contribution in [1.29, 1.82) is 0 Å². The largest absolute Gasteiger partial charge is 0.351 e. The van der Waals surface area contributed by atoms with Gasteiger partial charge in [-0.15, -0.1) is 0 Å². The lowest BCUT2D eigenvalue weighted by molar-refractivity contribution is -0.125. The number of nitrogens with one attached hydrogen (secondary N) is 1. The Hall–Kier alpha value is -0.530. The maximum absolute atomic E-state index is 11.0. The fraction of sp³-hybridized carbons (Fsp3) is 0.900. The molecule has 0 heterocycles. The molecule has 74 valence electrons. The van der Waals surface area contributed by atoms with Crippen LogP contribution >= 0.6 is 0 Å². The predicted octanol–water partition coefficient (Wildman–Crippen LogP) is 2.58. The summed E-state index contributed by atoms with van der Waals surface area (Å²) in [6.07, 6.45) is 0. The molecule has 0 aliphatic heterocycles. The molecule has 0 spiro atoms. The number of hydrogen-bond donors (Lipinski definition) is 1. The van der Waals surface area contributed by atoms with E-state index < -0.39 is 0 Å². The molecule has 0 atom stereocenters. The molecule has 0 saturated carbocycles. The summed E-state index contributed by atoms with van der Waals surface area (Å²) in [6.45, 7) is 13.7. The van der Waals surface area contributed by atoms with Gasteiger partial charge in [0.05, 0.1) is 0 Å². The molecule has 0 radical (unpaired) electrons. The van der Waals surface area contributed by atoms with E-state index in [1.165, 1.54) is 0 Å². The van der Waals surface area contributed by atoms with Crippen molar-refractivity contribution in [2.75, 3.05) is 0 Å². The van der Waals surface area contributed by atoms with Gasteiger partial charge in [0.1, 0.15) is 0 Å². The van der Waals surface area contributed by atoms with Gasteiger partial charge < -0.3 is 5.32 Å². The van der Waals surface area contributed by atoms with E-state index in [2.05, 4.69) is 5.32 Å². The van der Waals surface area contributed by atoms with Crippen LogP contribution in [0.4, 0.5) is 0 Å². The van der Waals surface area contributed by atoms with Gasteiger partial charge in [0.15, 0.2) is 0 Å². The summed E-state index contributed by atoms with van der Waals surface area (Å²) in [7, 11) is 0. The van der Waals surface area contributed by atoms with Crippen molar-refractivity contribution in [1.82, 2.24) is 5.32 Å². The molecule has 0 fully saturated rings. The van der Waals surface area contributed by atoms with Crippen LogP contribution in [0.1, 0.15) is 48.5 Å². The highest BCUT2D eigenvalue weighted by Crippen LogP contribution is 2.01. The van der Waals surface area contributed by atoms with Gasteiger partial charge in [-0.3, -0.25) is 4.79 Å². The van der Waals surface area contributed by atoms with E-state index in [4.69, 9.17) is 0 Å². The zero-order valence-electron chi connectivity index (χ0n) is 9.49. The third-order valence-electron chi connectivity index (χ3n) is 1.02. The minimum absolute atomic E-state index is 0.0826. The Morgan fingerprint density at radius 3 is 1.58 bits per heavy atom. The molecule has 0 aromatic heterocycles. The van der Waals surface area contributed by atoms with Crippen LogP contribution in [0.15, 0.2) is 0 Å². The quantitative estimate of drug-likeness (QED) is 0.649. The van der Waals surface area contributed by atoms with Gasteiger partial charge >= 0.3 is 0 Å². The molecule has 0 saturated heterocycles. The first kappa shape index (κ1) is 14.0. The van der Waals surface area contributed by atoms with Crippen LogP contribution in [-0.4, -0.2) is 11.4 Å². The normalized spacial score (nSPS) is 10.3. The lowest BCUT2D eigenvalue weighted by atomic mass is 10.1. The Labute approximate surface area is 76.7 Å². The summed E-state index contributed by atoms with van der Waals surface area (Å²) >= 11 is 0. The summed E-state index contributed by atoms with van der Waals surface area (Å²) in [6, 6.07) is 0. The predicted molar refractivity (Wildman–Crippen MR) is 54.1 cm³/mol. The van der Waals surface area contributed by atoms with Crippen LogP contribution in [0.25, 0.3) is 0 Å². The average molecular weight is 173 g/mol. The maximum Gasteiger partial charge on any atom is 0.222 e. The minimum atomic E-state index is -0.0959. The summed E-state index contributed by atoms with van der Waals surface area (Å²) in [5.74, 6) is 0.201. The number of amides is 1. The van der Waals surface area contributed by atoms with Crippen LogP contribution in [0.2, 0.25) is 0 Å². The fourth-order valence-electron chi connectivity index (χ4n) is 0.514. The molecule has 1 N–H and O–H groups in total. The molecule has 0 rings (SSSR count). The lowest BCUT2D eigenvalue weighted by Gasteiger charge is -2.21. The molecular weight excluding hydrogens is 150 g/mol. The molecule has 0 aliphatic rings. The van der Waals surface area contributed by atoms with E-state index in [1.54, 1.807) is 0 Å². The maximum atomic E-state index is 11.0. The Bertz CT molecular complexity index is 122. The Balaban J connectivity index is 0. The van der Waals surface area contributed by atoms with Crippen molar-refractivity contribution in [2.24, 2.45) is 5.92 Å². The second-order valence-corrected chi connectivity index (χ2v) is 3.89. The van der Waals surface area contributed by atoms with Crippen molar-refractivity contribution < 1.29 is 4.79 Å². The molecule has 2 nitrogen and oxygen atoms in total. The highest BCUT2D eigenvalue weighted by molar-refractivity contribution is 5.78. The molecule has 0 aromatic rings. The monoisotopic (exact) mass is 173 g/mol. The smallest absolute Gasteiger partial charge is 0.222 e. The van der Waals surface area contributed by atoms with Crippen molar-refractivity contribution in [3.63, 3.8) is 0 Å². The van der Waals surface area contributed by atoms with Gasteiger partial charge in [0, 0.05) is 11.5 Å². The number of hydrogen-bond acceptors (Lipinski definition) is 1. The number of carbonyl (C=O) groups excluding carboxylic acids is 1. The highest BCUT2D eigenvalue weighted by Gasteiger charge is 2.15. The second kappa shape index (κ2) is 6.04. The van der Waals surface area contributed by atoms with Crippen LogP contribution in [0, 0.1) is 5.92 Å². The molecule has 2 heteroatoms. The number of carbonyl (C=O) groups is 1. The number of rotatable bonds is 1. The minimum Gasteiger partial charge on any atom is -0.351 e. The van der Waals surface area contributed by atoms with Crippen LogP contribution in [0.5, 0.6) is 0 Å². The molecule has 0 aromatic carbocycles. The highest BCUT2D eigenvalue weighted by atomic mass is 16.1. The molecule has 12 heavy (non-hydrogen) atoms. The topological polar surface area (TPSA) is 29.1 Å². The first-order valence-electron chi connectivity index (χ1n) is 4.65. The van der Waals surface area contributed by atoms with Gasteiger partial charge in [-0.1, -0.05) is 27.7 Å². The third kappa shape index (κ3) is 9.47. The van der Waals surface area contributed by atoms with E-state index in [9.17, 15) is 4.79 Å². The van der Waals surface area contributed by atoms with E-state index in [1.807, 2.05) is 48.5 Å². The van der Waals surface area contributed by atoms with Crippen molar-refractivity contribution in [3.05, 3.63) is 0 Å². The first-order chi connectivity index (χ1) is 5.33. The van der Waals surface area contributed by atoms with Gasteiger partial charge in [0.25, 0.3) is 0 Å². The Kier molecular flexibility index (Phi) is 7.05. The fourth-order valence-corrected chi connectivity index (χ4v) is 0.514. The van der Waals surface area contributed by atoms with Gasteiger partial charge in [-0.05, 0) is 20.8 Å². The Morgan fingerprint density at radius 2 is 1.50 bits per heavy atom. The molecule has 0 aliphatic carbocycles. The van der Waals surface area contributed by atoms with E-state index in [-0.39, 0.29) is 17.4 Å². The van der Waals surface area contributed by atoms with E-state index in [0.29, 0.717) is 0 Å². The average Bonchev–Trinajstić information content (AvgIpc) is 1.88. The van der Waals surface area contributed by atoms with Gasteiger partial charge in [-0.2, -0.15) is 0 Å².